The highest BCUT2D eigenvalue weighted by Gasteiger charge is 2.55. The van der Waals surface area contributed by atoms with Gasteiger partial charge in [-0.15, -0.1) is 0 Å². The van der Waals surface area contributed by atoms with Crippen LogP contribution in [0.1, 0.15) is 28.9 Å². The van der Waals surface area contributed by atoms with Crippen molar-refractivity contribution in [2.24, 2.45) is 11.7 Å². The van der Waals surface area contributed by atoms with Crippen LogP contribution in [0.2, 0.25) is 0 Å². The summed E-state index contributed by atoms with van der Waals surface area (Å²) in [6.07, 6.45) is -6.65. The van der Waals surface area contributed by atoms with Crippen LogP contribution in [0.5, 0.6) is 5.75 Å². The fourth-order valence-corrected chi connectivity index (χ4v) is 3.69. The molecular weight excluding hydrogens is 469 g/mol. The average molecular weight is 491 g/mol. The lowest BCUT2D eigenvalue weighted by Gasteiger charge is -2.25. The van der Waals surface area contributed by atoms with Crippen LogP contribution in [0, 0.1) is 17.6 Å². The number of rotatable bonds is 5. The van der Waals surface area contributed by atoms with Crippen molar-refractivity contribution in [2.45, 2.75) is 31.3 Å². The van der Waals surface area contributed by atoms with Gasteiger partial charge in [-0.1, -0.05) is 13.0 Å². The molecule has 1 aromatic heterocycles. The third kappa shape index (κ3) is 5.71. The lowest BCUT2D eigenvalue weighted by atomic mass is 9.84. The number of aromatic nitrogens is 1. The zero-order valence-corrected chi connectivity index (χ0v) is 18.2. The van der Waals surface area contributed by atoms with Gasteiger partial charge in [0.1, 0.15) is 11.9 Å². The van der Waals surface area contributed by atoms with E-state index < -0.39 is 53.7 Å². The van der Waals surface area contributed by atoms with Crippen molar-refractivity contribution in [3.8, 4) is 5.75 Å². The Hall–Kier alpha value is -3.48. The predicted octanol–water partition coefficient (Wildman–Crippen LogP) is 3.38. The lowest BCUT2D eigenvalue weighted by molar-refractivity contribution is -0.221. The first-order chi connectivity index (χ1) is 16.0. The van der Waals surface area contributed by atoms with Crippen molar-refractivity contribution >= 4 is 18.1 Å². The summed E-state index contributed by atoms with van der Waals surface area (Å²) in [4.78, 5) is 24.1. The van der Waals surface area contributed by atoms with Crippen molar-refractivity contribution in [1.29, 1.82) is 0 Å². The molecule has 1 aromatic carbocycles. The first-order valence-corrected chi connectivity index (χ1v) is 9.70. The van der Waals surface area contributed by atoms with E-state index in [4.69, 9.17) is 14.3 Å². The Labute approximate surface area is 191 Å². The van der Waals surface area contributed by atoms with E-state index in [0.29, 0.717) is 0 Å². The Kier molecular flexibility index (Phi) is 8.74. The molecule has 3 N–H and O–H groups in total. The average Bonchev–Trinajstić information content (AvgIpc) is 3.11. The number of hydrogen-bond donors (Lipinski definition) is 2. The van der Waals surface area contributed by atoms with E-state index >= 15 is 0 Å². The second-order valence-corrected chi connectivity index (χ2v) is 7.09. The van der Waals surface area contributed by atoms with Crippen LogP contribution in [0.4, 0.5) is 27.6 Å². The Morgan fingerprint density at radius 2 is 1.88 bits per heavy atom. The van der Waals surface area contributed by atoms with E-state index in [2.05, 4.69) is 20.8 Å². The maximum Gasteiger partial charge on any atom is 0.415 e. The molecule has 0 spiro atoms. The largest absolute Gasteiger partial charge is 0.493 e. The number of nitrogens with two attached hydrogens (primary N) is 1. The zero-order valence-electron chi connectivity index (χ0n) is 18.2. The smallest absolute Gasteiger partial charge is 0.415 e. The van der Waals surface area contributed by atoms with Crippen LogP contribution in [-0.2, 0) is 14.3 Å². The molecule has 4 unspecified atom stereocenters. The molecule has 186 valence electrons. The summed E-state index contributed by atoms with van der Waals surface area (Å²) in [5, 5.41) is 2.78. The van der Waals surface area contributed by atoms with Crippen LogP contribution >= 0.6 is 0 Å². The number of esters is 1. The normalized spacial score (nSPS) is 21.8. The maximum absolute atomic E-state index is 14.3. The first-order valence-electron chi connectivity index (χ1n) is 9.70. The number of ether oxygens (including phenoxy) is 3. The summed E-state index contributed by atoms with van der Waals surface area (Å²) in [5.74, 6) is -5.97. The molecule has 1 aliphatic rings. The van der Waals surface area contributed by atoms with Gasteiger partial charge in [-0.05, 0) is 18.2 Å². The fourth-order valence-electron chi connectivity index (χ4n) is 3.69. The molecule has 13 heteroatoms. The number of methoxy groups -OCH3 is 2. The summed E-state index contributed by atoms with van der Waals surface area (Å²) in [6, 6.07) is 4.68. The third-order valence-corrected chi connectivity index (χ3v) is 5.09. The Bertz CT molecular complexity index is 1020. The minimum absolute atomic E-state index is 0.0143. The number of hydrogen-bond acceptors (Lipinski definition) is 7. The topological polar surface area (TPSA) is 113 Å². The van der Waals surface area contributed by atoms with Crippen LogP contribution in [-0.4, -0.2) is 50.1 Å². The molecule has 2 heterocycles. The summed E-state index contributed by atoms with van der Waals surface area (Å²) in [5.41, 5.74) is 4.33. The van der Waals surface area contributed by atoms with E-state index in [9.17, 15) is 26.7 Å². The molecule has 0 bridgehead atoms. The molecule has 4 atom stereocenters. The van der Waals surface area contributed by atoms with Crippen molar-refractivity contribution < 1.29 is 45.8 Å². The van der Waals surface area contributed by atoms with Crippen LogP contribution in [0.25, 0.3) is 0 Å². The highest BCUT2D eigenvalue weighted by molar-refractivity contribution is 5.88. The quantitative estimate of drug-likeness (QED) is 0.375. The molecule has 8 nitrogen and oxygen atoms in total. The number of carbonyl (C=O) groups is 2. The van der Waals surface area contributed by atoms with Gasteiger partial charge in [-0.3, -0.25) is 4.79 Å². The minimum atomic E-state index is -4.70. The molecule has 1 saturated heterocycles. The number of nitrogens with zero attached hydrogens (tertiary/aromatic N) is 1. The zero-order chi connectivity index (χ0) is 25.6. The maximum atomic E-state index is 14.3. The lowest BCUT2D eigenvalue weighted by Crippen LogP contribution is -2.33. The molecule has 3 rings (SSSR count). The van der Waals surface area contributed by atoms with Crippen molar-refractivity contribution in [1.82, 2.24) is 4.98 Å². The summed E-state index contributed by atoms with van der Waals surface area (Å²) in [6.45, 7) is 1.30. The van der Waals surface area contributed by atoms with Crippen LogP contribution in [0.3, 0.4) is 0 Å². The molecule has 34 heavy (non-hydrogen) atoms. The van der Waals surface area contributed by atoms with Crippen molar-refractivity contribution in [3.63, 3.8) is 0 Å². The molecular formula is C21H22F5N3O5. The Morgan fingerprint density at radius 3 is 2.44 bits per heavy atom. The second kappa shape index (κ2) is 11.1. The number of benzene rings is 1. The molecule has 0 radical (unpaired) electrons. The van der Waals surface area contributed by atoms with Gasteiger partial charge in [0.2, 0.25) is 12.2 Å². The predicted molar refractivity (Wildman–Crippen MR) is 109 cm³/mol. The third-order valence-electron chi connectivity index (χ3n) is 5.09. The molecule has 0 saturated carbocycles. The van der Waals surface area contributed by atoms with Crippen LogP contribution < -0.4 is 15.8 Å². The Balaban J connectivity index is 0.00000129. The molecule has 1 aliphatic heterocycles. The van der Waals surface area contributed by atoms with Gasteiger partial charge in [0.25, 0.3) is 0 Å². The number of halogens is 5. The summed E-state index contributed by atoms with van der Waals surface area (Å²) < 4.78 is 83.4. The molecule has 2 aromatic rings. The molecule has 1 fully saturated rings. The van der Waals surface area contributed by atoms with Crippen molar-refractivity contribution in [2.75, 3.05) is 19.5 Å². The van der Waals surface area contributed by atoms with Gasteiger partial charge in [-0.2, -0.15) is 17.6 Å². The number of pyridine rings is 1. The number of alkyl halides is 3. The van der Waals surface area contributed by atoms with E-state index in [1.54, 1.807) is 0 Å². The number of nitrogens with one attached hydrogen (secondary N) is 1. The first kappa shape index (κ1) is 26.8. The highest BCUT2D eigenvalue weighted by atomic mass is 19.4. The van der Waals surface area contributed by atoms with Gasteiger partial charge in [0.05, 0.1) is 14.2 Å². The van der Waals surface area contributed by atoms with E-state index in [1.165, 1.54) is 31.3 Å². The summed E-state index contributed by atoms with van der Waals surface area (Å²) in [7, 11) is 2.25. The van der Waals surface area contributed by atoms with Gasteiger partial charge in [0.15, 0.2) is 17.7 Å². The van der Waals surface area contributed by atoms with E-state index in [-0.39, 0.29) is 23.4 Å². The number of amides is 1. The van der Waals surface area contributed by atoms with Gasteiger partial charge < -0.3 is 25.3 Å². The highest BCUT2D eigenvalue weighted by Crippen LogP contribution is 2.48. The standard InChI is InChI=1S/C20H19F5N2O4.CH3NO/c1-9-14(11-4-5-12(21)15(22)16(11)29-2)18(31-17(9)20(23,24)25)27-10-6-7-26-13(8-10)19(28)30-3;2-1-3/h4-9,14,17-18H,1-3H3,(H,26,27);1H,(H2,2,3). The monoisotopic (exact) mass is 491 g/mol. The Morgan fingerprint density at radius 1 is 1.24 bits per heavy atom. The summed E-state index contributed by atoms with van der Waals surface area (Å²) >= 11 is 0. The number of anilines is 1. The fraction of sp³-hybridized carbons (Fsp3) is 0.381. The van der Waals surface area contributed by atoms with Gasteiger partial charge in [0, 0.05) is 29.3 Å². The number of primary amides is 1. The molecule has 0 aliphatic carbocycles. The second-order valence-electron chi connectivity index (χ2n) is 7.09. The minimum Gasteiger partial charge on any atom is -0.493 e. The van der Waals surface area contributed by atoms with Gasteiger partial charge in [-0.25, -0.2) is 14.2 Å². The van der Waals surface area contributed by atoms with Crippen LogP contribution in [0.15, 0.2) is 30.5 Å². The van der Waals surface area contributed by atoms with Crippen molar-refractivity contribution in [3.05, 3.63) is 53.4 Å². The SMILES string of the molecule is COC(=O)c1cc(NC2OC(C(F)(F)F)C(C)C2c2ccc(F)c(F)c2OC)ccn1.NC=O. The van der Waals surface area contributed by atoms with E-state index in [1.807, 2.05) is 0 Å². The van der Waals surface area contributed by atoms with Gasteiger partial charge >= 0.3 is 12.1 Å². The molecule has 1 amide bonds. The van der Waals surface area contributed by atoms with E-state index in [0.717, 1.165) is 20.3 Å². The number of carbonyl (C=O) groups excluding carboxylic acids is 2.